The molecule has 0 aliphatic heterocycles. The van der Waals surface area contributed by atoms with Gasteiger partial charge in [0, 0.05) is 6.42 Å². The molecule has 0 N–H and O–H groups in total. The van der Waals surface area contributed by atoms with E-state index in [9.17, 15) is 4.79 Å². The summed E-state index contributed by atoms with van der Waals surface area (Å²) >= 11 is 4.46. The Labute approximate surface area is 71.7 Å². The van der Waals surface area contributed by atoms with Gasteiger partial charge in [-0.1, -0.05) is 12.8 Å². The Balaban J connectivity index is 2.59. The Morgan fingerprint density at radius 2 is 2.27 bits per heavy atom. The minimum Gasteiger partial charge on any atom is -0.297 e. The highest BCUT2D eigenvalue weighted by Gasteiger charge is 2.18. The zero-order chi connectivity index (χ0) is 8.10. The molecule has 2 nitrogen and oxygen atoms in total. The van der Waals surface area contributed by atoms with Crippen LogP contribution in [0.1, 0.15) is 32.1 Å². The van der Waals surface area contributed by atoms with Gasteiger partial charge in [0.1, 0.15) is 6.04 Å². The second-order valence-corrected chi connectivity index (χ2v) is 2.98. The second kappa shape index (κ2) is 4.37. The largest absolute Gasteiger partial charge is 0.297 e. The van der Waals surface area contributed by atoms with E-state index in [2.05, 4.69) is 22.4 Å². The Morgan fingerprint density at radius 3 is 3.00 bits per heavy atom. The summed E-state index contributed by atoms with van der Waals surface area (Å²) in [5.41, 5.74) is 0. The highest BCUT2D eigenvalue weighted by Crippen LogP contribution is 2.16. The number of ketones is 1. The predicted octanol–water partition coefficient (Wildman–Crippen LogP) is 1.99. The summed E-state index contributed by atoms with van der Waals surface area (Å²) in [4.78, 5) is 15.1. The van der Waals surface area contributed by atoms with Crippen molar-refractivity contribution in [1.82, 2.24) is 0 Å². The van der Waals surface area contributed by atoms with Crippen LogP contribution in [0.25, 0.3) is 0 Å². The zero-order valence-corrected chi connectivity index (χ0v) is 7.19. The van der Waals surface area contributed by atoms with Gasteiger partial charge in [-0.25, -0.2) is 4.99 Å². The molecular weight excluding hydrogens is 158 g/mol. The molecule has 60 valence electrons. The van der Waals surface area contributed by atoms with E-state index in [4.69, 9.17) is 0 Å². The molecular formula is C8H11NOS. The number of hydrogen-bond donors (Lipinski definition) is 0. The van der Waals surface area contributed by atoms with Gasteiger partial charge in [0.15, 0.2) is 5.78 Å². The molecule has 3 heteroatoms. The fourth-order valence-corrected chi connectivity index (χ4v) is 1.47. The average molecular weight is 169 g/mol. The third-order valence-corrected chi connectivity index (χ3v) is 2.09. The number of carbonyl (C=O) groups excluding carboxylic acids is 1. The molecule has 0 bridgehead atoms. The Morgan fingerprint density at radius 1 is 1.45 bits per heavy atom. The number of rotatable bonds is 1. The van der Waals surface area contributed by atoms with E-state index >= 15 is 0 Å². The molecule has 0 saturated heterocycles. The van der Waals surface area contributed by atoms with Crippen LogP contribution in [0.3, 0.4) is 0 Å². The summed E-state index contributed by atoms with van der Waals surface area (Å²) in [6.45, 7) is 0. The first-order valence-electron chi connectivity index (χ1n) is 3.94. The van der Waals surface area contributed by atoms with Gasteiger partial charge in [-0.05, 0) is 25.1 Å². The lowest BCUT2D eigenvalue weighted by molar-refractivity contribution is -0.120. The first-order chi connectivity index (χ1) is 5.34. The van der Waals surface area contributed by atoms with E-state index < -0.39 is 0 Å². The van der Waals surface area contributed by atoms with Gasteiger partial charge in [0.2, 0.25) is 0 Å². The van der Waals surface area contributed by atoms with Gasteiger partial charge >= 0.3 is 0 Å². The van der Waals surface area contributed by atoms with Gasteiger partial charge < -0.3 is 0 Å². The molecule has 0 aromatic carbocycles. The van der Waals surface area contributed by atoms with Crippen LogP contribution in [0.5, 0.6) is 0 Å². The summed E-state index contributed by atoms with van der Waals surface area (Å²) < 4.78 is 0. The van der Waals surface area contributed by atoms with Crippen LogP contribution < -0.4 is 0 Å². The summed E-state index contributed by atoms with van der Waals surface area (Å²) in [7, 11) is 0. The number of nitrogens with zero attached hydrogens (tertiary/aromatic N) is 1. The van der Waals surface area contributed by atoms with E-state index in [1.807, 2.05) is 0 Å². The highest BCUT2D eigenvalue weighted by molar-refractivity contribution is 7.78. The van der Waals surface area contributed by atoms with Crippen molar-refractivity contribution in [2.45, 2.75) is 38.1 Å². The lowest BCUT2D eigenvalue weighted by Crippen LogP contribution is -2.15. The van der Waals surface area contributed by atoms with Crippen LogP contribution in [0, 0.1) is 0 Å². The normalized spacial score (nSPS) is 25.5. The van der Waals surface area contributed by atoms with Crippen LogP contribution >= 0.6 is 12.2 Å². The number of carbonyl (C=O) groups is 1. The van der Waals surface area contributed by atoms with Gasteiger partial charge in [0.05, 0.1) is 5.16 Å². The maximum Gasteiger partial charge on any atom is 0.158 e. The molecule has 1 fully saturated rings. The number of thiocarbonyl (C=S) groups is 1. The first kappa shape index (κ1) is 8.57. The first-order valence-corrected chi connectivity index (χ1v) is 4.35. The molecule has 0 spiro atoms. The molecule has 0 aromatic heterocycles. The third-order valence-electron chi connectivity index (χ3n) is 1.98. The number of aliphatic imine (C=N–C) groups is 1. The number of Topliss-reactive ketones (excluding diaryl/α,β-unsaturated/α-hetero) is 1. The maximum atomic E-state index is 11.2. The number of hydrogen-bond acceptors (Lipinski definition) is 3. The Kier molecular flexibility index (Phi) is 3.40. The highest BCUT2D eigenvalue weighted by atomic mass is 32.1. The van der Waals surface area contributed by atoms with Crippen molar-refractivity contribution < 1.29 is 4.79 Å². The summed E-state index contributed by atoms with van der Waals surface area (Å²) in [6.07, 6.45) is 4.79. The van der Waals surface area contributed by atoms with Crippen LogP contribution in [0.15, 0.2) is 4.99 Å². The van der Waals surface area contributed by atoms with Crippen LogP contribution in [0.4, 0.5) is 0 Å². The molecule has 11 heavy (non-hydrogen) atoms. The van der Waals surface area contributed by atoms with Crippen LogP contribution in [0.2, 0.25) is 0 Å². The van der Waals surface area contributed by atoms with Crippen molar-refractivity contribution in [3.05, 3.63) is 0 Å². The van der Waals surface area contributed by atoms with Crippen molar-refractivity contribution in [1.29, 1.82) is 0 Å². The lowest BCUT2D eigenvalue weighted by Gasteiger charge is -2.02. The summed E-state index contributed by atoms with van der Waals surface area (Å²) in [5, 5.41) is 2.28. The van der Waals surface area contributed by atoms with Crippen molar-refractivity contribution >= 4 is 23.2 Å². The van der Waals surface area contributed by atoms with Gasteiger partial charge in [0.25, 0.3) is 0 Å². The van der Waals surface area contributed by atoms with E-state index in [1.165, 1.54) is 0 Å². The van der Waals surface area contributed by atoms with Gasteiger partial charge in [-0.3, -0.25) is 4.79 Å². The lowest BCUT2D eigenvalue weighted by atomic mass is 10.1. The molecule has 1 atom stereocenters. The molecule has 1 unspecified atom stereocenters. The monoisotopic (exact) mass is 169 g/mol. The molecule has 1 aliphatic rings. The number of isothiocyanates is 1. The van der Waals surface area contributed by atoms with E-state index in [0.29, 0.717) is 6.42 Å². The molecule has 0 heterocycles. The van der Waals surface area contributed by atoms with Crippen LogP contribution in [-0.4, -0.2) is 17.0 Å². The van der Waals surface area contributed by atoms with E-state index in [1.54, 1.807) is 0 Å². The predicted molar refractivity (Wildman–Crippen MR) is 46.9 cm³/mol. The summed E-state index contributed by atoms with van der Waals surface area (Å²) in [5.74, 6) is 0.236. The zero-order valence-electron chi connectivity index (χ0n) is 6.38. The summed E-state index contributed by atoms with van der Waals surface area (Å²) in [6, 6.07) is -0.171. The van der Waals surface area contributed by atoms with Crippen molar-refractivity contribution in [3.63, 3.8) is 0 Å². The fourth-order valence-electron chi connectivity index (χ4n) is 1.34. The SMILES string of the molecule is O=C1CCCCCC1N=C=S. The third kappa shape index (κ3) is 2.52. The Hall–Kier alpha value is -0.530. The molecule has 0 amide bonds. The smallest absolute Gasteiger partial charge is 0.158 e. The fraction of sp³-hybridized carbons (Fsp3) is 0.750. The minimum absolute atomic E-state index is 0.171. The molecule has 0 radical (unpaired) electrons. The van der Waals surface area contributed by atoms with Crippen molar-refractivity contribution in [3.8, 4) is 0 Å². The molecule has 1 aliphatic carbocycles. The maximum absolute atomic E-state index is 11.2. The van der Waals surface area contributed by atoms with Crippen LogP contribution in [-0.2, 0) is 4.79 Å². The van der Waals surface area contributed by atoms with Gasteiger partial charge in [-0.15, -0.1) is 0 Å². The Bertz CT molecular complexity index is 196. The average Bonchev–Trinajstić information content (AvgIpc) is 2.18. The van der Waals surface area contributed by atoms with Crippen molar-refractivity contribution in [2.24, 2.45) is 4.99 Å². The standard InChI is InChI=1S/C8H11NOS/c10-8-5-3-1-2-4-7(8)9-6-11/h7H,1-5H2. The molecule has 1 rings (SSSR count). The van der Waals surface area contributed by atoms with E-state index in [0.717, 1.165) is 25.7 Å². The molecule has 0 aromatic rings. The topological polar surface area (TPSA) is 29.4 Å². The second-order valence-electron chi connectivity index (χ2n) is 2.80. The quantitative estimate of drug-likeness (QED) is 0.341. The van der Waals surface area contributed by atoms with Gasteiger partial charge in [-0.2, -0.15) is 0 Å². The molecule has 1 saturated carbocycles. The van der Waals surface area contributed by atoms with E-state index in [-0.39, 0.29) is 11.8 Å². The van der Waals surface area contributed by atoms with Crippen molar-refractivity contribution in [2.75, 3.05) is 0 Å². The minimum atomic E-state index is -0.171.